The molecule has 0 spiro atoms. The molecular formula is C13H24Si. The maximum Gasteiger partial charge on any atom is 0.0781 e. The SMILES string of the molecule is CC(=C=C[Si](C)(C)C)CCC=C(C)C. The van der Waals surface area contributed by atoms with Crippen molar-refractivity contribution in [2.45, 2.75) is 53.3 Å². The number of rotatable bonds is 4. The molecule has 0 saturated carbocycles. The van der Waals surface area contributed by atoms with Crippen molar-refractivity contribution in [3.63, 3.8) is 0 Å². The molecule has 0 aliphatic carbocycles. The smallest absolute Gasteiger partial charge is 0.0781 e. The highest BCUT2D eigenvalue weighted by atomic mass is 28.3. The summed E-state index contributed by atoms with van der Waals surface area (Å²) in [5.74, 6) is 0. The Bertz CT molecular complexity index is 253. The third kappa shape index (κ3) is 9.56. The second kappa shape index (κ2) is 6.05. The normalized spacial score (nSPS) is 10.4. The molecule has 0 atom stereocenters. The quantitative estimate of drug-likeness (QED) is 0.356. The third-order valence-electron chi connectivity index (χ3n) is 1.82. The van der Waals surface area contributed by atoms with E-state index in [4.69, 9.17) is 0 Å². The van der Waals surface area contributed by atoms with E-state index in [0.29, 0.717) is 0 Å². The van der Waals surface area contributed by atoms with Gasteiger partial charge < -0.3 is 0 Å². The summed E-state index contributed by atoms with van der Waals surface area (Å²) in [7, 11) is -1.05. The molecule has 0 aliphatic heterocycles. The van der Waals surface area contributed by atoms with Crippen LogP contribution in [-0.2, 0) is 0 Å². The van der Waals surface area contributed by atoms with Crippen LogP contribution in [0.15, 0.2) is 28.7 Å². The van der Waals surface area contributed by atoms with E-state index >= 15 is 0 Å². The predicted octanol–water partition coefficient (Wildman–Crippen LogP) is 4.71. The zero-order valence-electron chi connectivity index (χ0n) is 10.6. The average Bonchev–Trinajstić information content (AvgIpc) is 1.99. The Morgan fingerprint density at radius 3 is 2.14 bits per heavy atom. The van der Waals surface area contributed by atoms with Gasteiger partial charge in [-0.3, -0.25) is 0 Å². The Balaban J connectivity index is 4.15. The first-order chi connectivity index (χ1) is 6.31. The minimum Gasteiger partial charge on any atom is -0.131 e. The molecule has 0 unspecified atom stereocenters. The van der Waals surface area contributed by atoms with Crippen LogP contribution in [0, 0.1) is 0 Å². The molecule has 0 fully saturated rings. The highest BCUT2D eigenvalue weighted by Crippen LogP contribution is 2.07. The van der Waals surface area contributed by atoms with Crippen LogP contribution >= 0.6 is 0 Å². The van der Waals surface area contributed by atoms with Crippen LogP contribution in [0.4, 0.5) is 0 Å². The standard InChI is InChI=1S/C13H24Si/c1-12(2)8-7-9-13(3)10-11-14(4,5)6/h8,11H,7,9H2,1-6H3. The fourth-order valence-electron chi connectivity index (χ4n) is 0.989. The number of allylic oxidation sites excluding steroid dienone is 3. The molecule has 0 nitrogen and oxygen atoms in total. The van der Waals surface area contributed by atoms with Crippen LogP contribution in [-0.4, -0.2) is 8.07 Å². The van der Waals surface area contributed by atoms with Crippen LogP contribution in [0.5, 0.6) is 0 Å². The average molecular weight is 208 g/mol. The van der Waals surface area contributed by atoms with Crippen LogP contribution < -0.4 is 0 Å². The van der Waals surface area contributed by atoms with Gasteiger partial charge in [-0.05, 0) is 39.2 Å². The van der Waals surface area contributed by atoms with Gasteiger partial charge >= 0.3 is 0 Å². The molecule has 14 heavy (non-hydrogen) atoms. The second-order valence-corrected chi connectivity index (χ2v) is 10.3. The van der Waals surface area contributed by atoms with E-state index < -0.39 is 8.07 Å². The predicted molar refractivity (Wildman–Crippen MR) is 69.3 cm³/mol. The van der Waals surface area contributed by atoms with Gasteiger partial charge in [0, 0.05) is 0 Å². The molecule has 0 bridgehead atoms. The summed E-state index contributed by atoms with van der Waals surface area (Å²) in [4.78, 5) is 0. The number of hydrogen-bond acceptors (Lipinski definition) is 0. The van der Waals surface area contributed by atoms with Gasteiger partial charge in [0.1, 0.15) is 0 Å². The lowest BCUT2D eigenvalue weighted by Gasteiger charge is -2.05. The molecule has 0 saturated heterocycles. The minimum atomic E-state index is -1.05. The monoisotopic (exact) mass is 208 g/mol. The first-order valence-electron chi connectivity index (χ1n) is 5.38. The van der Waals surface area contributed by atoms with Gasteiger partial charge in [0.2, 0.25) is 0 Å². The van der Waals surface area contributed by atoms with Gasteiger partial charge in [0.05, 0.1) is 8.07 Å². The molecule has 0 aromatic heterocycles. The van der Waals surface area contributed by atoms with Gasteiger partial charge in [-0.2, -0.15) is 0 Å². The molecule has 0 aromatic rings. The van der Waals surface area contributed by atoms with Crippen LogP contribution in [0.2, 0.25) is 19.6 Å². The van der Waals surface area contributed by atoms with Crippen molar-refractivity contribution in [3.8, 4) is 0 Å². The fraction of sp³-hybridized carbons (Fsp3) is 0.615. The van der Waals surface area contributed by atoms with Crippen molar-refractivity contribution >= 4 is 8.07 Å². The fourth-order valence-corrected chi connectivity index (χ4v) is 1.67. The van der Waals surface area contributed by atoms with E-state index in [9.17, 15) is 0 Å². The first-order valence-corrected chi connectivity index (χ1v) is 8.96. The summed E-state index contributed by atoms with van der Waals surface area (Å²) in [6, 6.07) is 0. The molecule has 80 valence electrons. The molecular weight excluding hydrogens is 184 g/mol. The van der Waals surface area contributed by atoms with Crippen LogP contribution in [0.25, 0.3) is 0 Å². The summed E-state index contributed by atoms with van der Waals surface area (Å²) in [5.41, 5.74) is 8.51. The molecule has 0 heterocycles. The Hall–Kier alpha value is -0.523. The summed E-state index contributed by atoms with van der Waals surface area (Å²) in [6.45, 7) is 13.5. The molecule has 1 heteroatoms. The molecule has 0 aliphatic rings. The van der Waals surface area contributed by atoms with Crippen LogP contribution in [0.3, 0.4) is 0 Å². The topological polar surface area (TPSA) is 0 Å². The van der Waals surface area contributed by atoms with Crippen molar-refractivity contribution in [1.29, 1.82) is 0 Å². The van der Waals surface area contributed by atoms with Crippen LogP contribution in [0.1, 0.15) is 33.6 Å². The summed E-state index contributed by atoms with van der Waals surface area (Å²) in [6.07, 6.45) is 4.59. The Morgan fingerprint density at radius 2 is 1.71 bits per heavy atom. The van der Waals surface area contributed by atoms with E-state index in [-0.39, 0.29) is 0 Å². The van der Waals surface area contributed by atoms with Crippen molar-refractivity contribution in [3.05, 3.63) is 28.7 Å². The zero-order chi connectivity index (χ0) is 11.2. The molecule has 0 N–H and O–H groups in total. The molecule has 0 amide bonds. The molecule has 0 radical (unpaired) electrons. The van der Waals surface area contributed by atoms with E-state index in [2.05, 4.69) is 57.9 Å². The van der Waals surface area contributed by atoms with E-state index in [1.807, 2.05) is 0 Å². The van der Waals surface area contributed by atoms with Gasteiger partial charge in [-0.25, -0.2) is 0 Å². The largest absolute Gasteiger partial charge is 0.131 e. The lowest BCUT2D eigenvalue weighted by Crippen LogP contribution is -2.14. The maximum absolute atomic E-state index is 3.42. The summed E-state index contributed by atoms with van der Waals surface area (Å²) in [5, 5.41) is 0. The Labute approximate surface area is 90.4 Å². The van der Waals surface area contributed by atoms with Crippen molar-refractivity contribution in [2.75, 3.05) is 0 Å². The lowest BCUT2D eigenvalue weighted by molar-refractivity contribution is 0.970. The van der Waals surface area contributed by atoms with Gasteiger partial charge in [0.15, 0.2) is 0 Å². The highest BCUT2D eigenvalue weighted by Gasteiger charge is 2.06. The summed E-state index contributed by atoms with van der Waals surface area (Å²) >= 11 is 0. The molecule has 0 aromatic carbocycles. The first kappa shape index (κ1) is 13.5. The van der Waals surface area contributed by atoms with Gasteiger partial charge in [0.25, 0.3) is 0 Å². The minimum absolute atomic E-state index is 1.05. The number of hydrogen-bond donors (Lipinski definition) is 0. The van der Waals surface area contributed by atoms with Crippen molar-refractivity contribution in [1.82, 2.24) is 0 Å². The van der Waals surface area contributed by atoms with E-state index in [0.717, 1.165) is 12.8 Å². The maximum atomic E-state index is 3.42. The third-order valence-corrected chi connectivity index (χ3v) is 2.83. The Kier molecular flexibility index (Phi) is 5.83. The van der Waals surface area contributed by atoms with E-state index in [1.54, 1.807) is 0 Å². The van der Waals surface area contributed by atoms with E-state index in [1.165, 1.54) is 11.1 Å². The Morgan fingerprint density at radius 1 is 1.14 bits per heavy atom. The molecule has 0 rings (SSSR count). The zero-order valence-corrected chi connectivity index (χ0v) is 11.6. The second-order valence-electron chi connectivity index (χ2n) is 5.26. The van der Waals surface area contributed by atoms with Crippen molar-refractivity contribution < 1.29 is 0 Å². The highest BCUT2D eigenvalue weighted by molar-refractivity contribution is 6.80. The van der Waals surface area contributed by atoms with Gasteiger partial charge in [-0.15, -0.1) is 5.73 Å². The summed E-state index contributed by atoms with van der Waals surface area (Å²) < 4.78 is 0. The lowest BCUT2D eigenvalue weighted by atomic mass is 10.1. The van der Waals surface area contributed by atoms with Gasteiger partial charge in [-0.1, -0.05) is 37.0 Å². The van der Waals surface area contributed by atoms with Crippen molar-refractivity contribution in [2.24, 2.45) is 0 Å².